The number of benzene rings is 3. The summed E-state index contributed by atoms with van der Waals surface area (Å²) in [6, 6.07) is 27.9. The van der Waals surface area contributed by atoms with Crippen molar-refractivity contribution in [1.29, 1.82) is 0 Å². The van der Waals surface area contributed by atoms with E-state index >= 15 is 0 Å². The molecule has 1 N–H and O–H groups in total. The maximum atomic E-state index is 13.3. The van der Waals surface area contributed by atoms with Gasteiger partial charge in [-0.1, -0.05) is 69.5 Å². The summed E-state index contributed by atoms with van der Waals surface area (Å²) in [5, 5.41) is 3.44. The Balaban J connectivity index is 1.34. The fourth-order valence-corrected chi connectivity index (χ4v) is 5.92. The molecule has 0 unspecified atom stereocenters. The van der Waals surface area contributed by atoms with Crippen molar-refractivity contribution < 1.29 is 8.96 Å². The quantitative estimate of drug-likeness (QED) is 0.281. The lowest BCUT2D eigenvalue weighted by Gasteiger charge is -2.35. The topological polar surface area (TPSA) is 19.1 Å². The smallest absolute Gasteiger partial charge is 0.213 e. The molecule has 0 fully saturated rings. The summed E-state index contributed by atoms with van der Waals surface area (Å²) in [4.78, 5) is 2.10. The number of hydrogen-bond acceptors (Lipinski definition) is 2. The second-order valence-corrected chi connectivity index (χ2v) is 9.97. The van der Waals surface area contributed by atoms with Gasteiger partial charge in [0, 0.05) is 42.4 Å². The van der Waals surface area contributed by atoms with Crippen molar-refractivity contribution >= 4 is 17.0 Å². The summed E-state index contributed by atoms with van der Waals surface area (Å²) >= 11 is 0. The van der Waals surface area contributed by atoms with E-state index in [-0.39, 0.29) is 11.4 Å². The van der Waals surface area contributed by atoms with E-state index in [1.54, 1.807) is 12.1 Å². The molecule has 2 aliphatic heterocycles. The Morgan fingerprint density at radius 1 is 0.816 bits per heavy atom. The number of anilines is 1. The van der Waals surface area contributed by atoms with Crippen molar-refractivity contribution in [3.05, 3.63) is 133 Å². The second kappa shape index (κ2) is 9.14. The van der Waals surface area contributed by atoms with Gasteiger partial charge < -0.3 is 10.2 Å². The summed E-state index contributed by atoms with van der Waals surface area (Å²) in [5.74, 6) is 0.572. The molecular formula is C34H31FN3+. The van der Waals surface area contributed by atoms with Crippen molar-refractivity contribution in [2.24, 2.45) is 0 Å². The minimum Gasteiger partial charge on any atom is -0.340 e. The Morgan fingerprint density at radius 2 is 1.47 bits per heavy atom. The van der Waals surface area contributed by atoms with E-state index in [1.807, 2.05) is 0 Å². The van der Waals surface area contributed by atoms with Gasteiger partial charge in [-0.3, -0.25) is 0 Å². The number of aromatic nitrogens is 1. The molecule has 4 heteroatoms. The average molecular weight is 501 g/mol. The number of allylic oxidation sites excluding steroid dienone is 1. The average Bonchev–Trinajstić information content (AvgIpc) is 3.35. The van der Waals surface area contributed by atoms with E-state index in [0.29, 0.717) is 0 Å². The van der Waals surface area contributed by atoms with Crippen molar-refractivity contribution in [3.63, 3.8) is 0 Å². The molecule has 188 valence electrons. The molecule has 4 aromatic rings. The van der Waals surface area contributed by atoms with Crippen LogP contribution in [0.25, 0.3) is 33.7 Å². The molecule has 0 saturated heterocycles. The van der Waals surface area contributed by atoms with Gasteiger partial charge in [0.15, 0.2) is 11.7 Å². The van der Waals surface area contributed by atoms with Crippen LogP contribution in [0.5, 0.6) is 0 Å². The van der Waals surface area contributed by atoms with Crippen LogP contribution in [0.2, 0.25) is 0 Å². The van der Waals surface area contributed by atoms with Crippen LogP contribution in [-0.2, 0) is 5.54 Å². The van der Waals surface area contributed by atoms with Gasteiger partial charge in [0.25, 0.3) is 0 Å². The molecule has 0 spiro atoms. The number of nitrogens with one attached hydrogen (secondary N) is 1. The summed E-state index contributed by atoms with van der Waals surface area (Å²) in [7, 11) is 0. The number of hydrogen-bond donors (Lipinski definition) is 1. The zero-order chi connectivity index (χ0) is 26.4. The van der Waals surface area contributed by atoms with E-state index in [2.05, 4.69) is 115 Å². The number of nitrogens with zero attached hydrogens (tertiary/aromatic N) is 2. The molecule has 2 aliphatic rings. The Morgan fingerprint density at radius 3 is 2.16 bits per heavy atom. The van der Waals surface area contributed by atoms with E-state index in [1.165, 1.54) is 34.5 Å². The number of halogens is 1. The van der Waals surface area contributed by atoms with Crippen LogP contribution in [0, 0.1) is 5.82 Å². The maximum Gasteiger partial charge on any atom is 0.213 e. The first-order valence-electron chi connectivity index (χ1n) is 13.1. The van der Waals surface area contributed by atoms with Crippen LogP contribution >= 0.6 is 0 Å². The minimum absolute atomic E-state index is 0.114. The van der Waals surface area contributed by atoms with Gasteiger partial charge in [0.05, 0.1) is 11.3 Å². The first-order valence-corrected chi connectivity index (χ1v) is 13.1. The van der Waals surface area contributed by atoms with Crippen LogP contribution in [0.15, 0.2) is 116 Å². The number of fused-ring (bicyclic) bond motifs is 3. The van der Waals surface area contributed by atoms with Gasteiger partial charge in [-0.15, -0.1) is 0 Å². The molecule has 0 amide bonds. The Bertz CT molecular complexity index is 1590. The molecule has 0 saturated carbocycles. The van der Waals surface area contributed by atoms with Crippen molar-refractivity contribution in [1.82, 2.24) is 5.32 Å². The van der Waals surface area contributed by atoms with Crippen LogP contribution in [0.3, 0.4) is 0 Å². The first kappa shape index (κ1) is 23.9. The lowest BCUT2D eigenvalue weighted by molar-refractivity contribution is -0.741. The Labute approximate surface area is 223 Å². The zero-order valence-electron chi connectivity index (χ0n) is 21.8. The molecule has 1 aromatic heterocycles. The number of rotatable bonds is 5. The van der Waals surface area contributed by atoms with Crippen LogP contribution in [0.4, 0.5) is 10.1 Å². The highest BCUT2D eigenvalue weighted by molar-refractivity contribution is 5.86. The molecule has 38 heavy (non-hydrogen) atoms. The minimum atomic E-state index is -0.229. The Hall–Kier alpha value is -4.44. The van der Waals surface area contributed by atoms with Gasteiger partial charge >= 0.3 is 0 Å². The summed E-state index contributed by atoms with van der Waals surface area (Å²) in [6.45, 7) is 13.4. The van der Waals surface area contributed by atoms with Gasteiger partial charge in [-0.2, -0.15) is 4.57 Å². The fourth-order valence-electron chi connectivity index (χ4n) is 5.92. The predicted molar refractivity (Wildman–Crippen MR) is 154 cm³/mol. The van der Waals surface area contributed by atoms with E-state index in [0.717, 1.165) is 46.7 Å². The molecule has 0 radical (unpaired) electrons. The van der Waals surface area contributed by atoms with E-state index in [4.69, 9.17) is 0 Å². The molecule has 3 nitrogen and oxygen atoms in total. The lowest BCUT2D eigenvalue weighted by atomic mass is 9.75. The standard InChI is InChI=1S/C34H31FN3/c1-5-34(6-2)23(3)30-19-18-29(21-31(30)33-9-7-8-20-38(33)34)37-22-32(36-24(37)4)27-12-10-25(11-13-27)26-14-16-28(35)17-15-26/h7-22,36H,3-6H2,1-2H3/q+1. The first-order chi connectivity index (χ1) is 18.4. The molecule has 0 aliphatic carbocycles. The summed E-state index contributed by atoms with van der Waals surface area (Å²) < 4.78 is 15.7. The summed E-state index contributed by atoms with van der Waals surface area (Å²) in [5.41, 5.74) is 9.77. The number of pyridine rings is 1. The SMILES string of the molecule is C=C1NC(c2ccc(-c3ccc(F)cc3)cc2)=CN1c1ccc2c(c1)-c1cccc[n+]1C(CC)(CC)C2=C. The largest absolute Gasteiger partial charge is 0.340 e. The normalized spacial score (nSPS) is 15.6. The third kappa shape index (κ3) is 3.67. The third-order valence-electron chi connectivity index (χ3n) is 8.14. The molecule has 3 aromatic carbocycles. The highest BCUT2D eigenvalue weighted by Crippen LogP contribution is 2.45. The maximum absolute atomic E-state index is 13.3. The molecule has 0 atom stereocenters. The molecule has 3 heterocycles. The van der Waals surface area contributed by atoms with Gasteiger partial charge in [-0.25, -0.2) is 4.39 Å². The third-order valence-corrected chi connectivity index (χ3v) is 8.14. The predicted octanol–water partition coefficient (Wildman–Crippen LogP) is 7.87. The van der Waals surface area contributed by atoms with Crippen LogP contribution in [-0.4, -0.2) is 0 Å². The monoisotopic (exact) mass is 500 g/mol. The van der Waals surface area contributed by atoms with Crippen molar-refractivity contribution in [2.45, 2.75) is 32.2 Å². The Kier molecular flexibility index (Phi) is 5.76. The molecular weight excluding hydrogens is 469 g/mol. The second-order valence-electron chi connectivity index (χ2n) is 9.97. The summed E-state index contributed by atoms with van der Waals surface area (Å²) in [6.07, 6.45) is 6.26. The molecule has 6 rings (SSSR count). The van der Waals surface area contributed by atoms with Gasteiger partial charge in [-0.05, 0) is 52.6 Å². The van der Waals surface area contributed by atoms with E-state index < -0.39 is 0 Å². The van der Waals surface area contributed by atoms with Crippen molar-refractivity contribution in [2.75, 3.05) is 4.90 Å². The van der Waals surface area contributed by atoms with Crippen LogP contribution in [0.1, 0.15) is 37.8 Å². The molecule has 0 bridgehead atoms. The van der Waals surface area contributed by atoms with Crippen molar-refractivity contribution in [3.8, 4) is 22.4 Å². The van der Waals surface area contributed by atoms with Crippen LogP contribution < -0.4 is 14.8 Å². The highest BCUT2D eigenvalue weighted by Gasteiger charge is 2.46. The highest BCUT2D eigenvalue weighted by atomic mass is 19.1. The van der Waals surface area contributed by atoms with Gasteiger partial charge in [0.2, 0.25) is 5.69 Å². The zero-order valence-corrected chi connectivity index (χ0v) is 21.8. The fraction of sp³-hybridized carbons (Fsp3) is 0.147. The van der Waals surface area contributed by atoms with E-state index in [9.17, 15) is 4.39 Å². The lowest BCUT2D eigenvalue weighted by Crippen LogP contribution is -2.59. The van der Waals surface area contributed by atoms with Gasteiger partial charge in [0.1, 0.15) is 11.6 Å².